The molecule has 0 heterocycles. The van der Waals surface area contributed by atoms with Gasteiger partial charge in [-0.3, -0.25) is 0 Å². The highest BCUT2D eigenvalue weighted by Crippen LogP contribution is 2.66. The first-order chi connectivity index (χ1) is 11.6. The van der Waals surface area contributed by atoms with Crippen LogP contribution < -0.4 is 0 Å². The third-order valence-electron chi connectivity index (χ3n) is 8.55. The van der Waals surface area contributed by atoms with Crippen LogP contribution in [0.4, 0.5) is 0 Å². The fourth-order valence-corrected chi connectivity index (χ4v) is 7.40. The molecule has 2 unspecified atom stereocenters. The Hall–Kier alpha value is -0.670. The maximum Gasteiger partial charge on any atom is 0.130 e. The average Bonchev–Trinajstić information content (AvgIpc) is 2.97. The van der Waals surface area contributed by atoms with Crippen molar-refractivity contribution in [1.82, 2.24) is 0 Å². The fraction of sp³-hybridized carbons (Fsp3) is 0.857. The zero-order chi connectivity index (χ0) is 16.9. The molecule has 3 fully saturated rings. The van der Waals surface area contributed by atoms with Crippen molar-refractivity contribution in [2.24, 2.45) is 34.5 Å². The van der Waals surface area contributed by atoms with Crippen LogP contribution in [0, 0.1) is 34.5 Å². The number of carbonyl (C=O) groups is 1. The molecule has 0 saturated heterocycles. The molecule has 0 spiro atoms. The second-order valence-electron chi connectivity index (χ2n) is 9.19. The lowest BCUT2D eigenvalue weighted by atomic mass is 9.47. The van der Waals surface area contributed by atoms with E-state index in [1.54, 1.807) is 0 Å². The van der Waals surface area contributed by atoms with Crippen LogP contribution >= 0.6 is 0 Å². The maximum atomic E-state index is 12.2. The number of aliphatic hydroxyl groups excluding tert-OH is 2. The molecule has 3 saturated carbocycles. The highest BCUT2D eigenvalue weighted by Gasteiger charge is 2.60. The molecule has 0 aliphatic heterocycles. The maximum absolute atomic E-state index is 12.2. The number of fused-ring (bicyclic) bond motifs is 5. The smallest absolute Gasteiger partial charge is 0.130 e. The molecule has 134 valence electrons. The summed E-state index contributed by atoms with van der Waals surface area (Å²) in [5, 5.41) is 19.8. The molecule has 0 amide bonds. The summed E-state index contributed by atoms with van der Waals surface area (Å²) in [4.78, 5) is 12.2. The van der Waals surface area contributed by atoms with Crippen molar-refractivity contribution >= 4 is 6.29 Å². The third kappa shape index (κ3) is 2.13. The van der Waals surface area contributed by atoms with Gasteiger partial charge in [0.1, 0.15) is 6.29 Å². The van der Waals surface area contributed by atoms with Crippen molar-refractivity contribution in [3.05, 3.63) is 11.6 Å². The Morgan fingerprint density at radius 2 is 2.08 bits per heavy atom. The first-order valence-electron chi connectivity index (χ1n) is 10.0. The van der Waals surface area contributed by atoms with Gasteiger partial charge in [-0.25, -0.2) is 0 Å². The molecule has 0 aromatic heterocycles. The van der Waals surface area contributed by atoms with Crippen LogP contribution in [0.3, 0.4) is 0 Å². The van der Waals surface area contributed by atoms with Crippen molar-refractivity contribution in [1.29, 1.82) is 0 Å². The standard InChI is InChI=1S/C21H32O3/c1-20-11-9-17-15(16(20)7-8-18(20)19(24)12-22)6-5-14-4-2-3-10-21(14,17)13-23/h5,13,15-19,22,24H,2-4,6-12H2,1H3/t15-,16-,17+,18?,19?,20-,21+/m0/s1. The van der Waals surface area contributed by atoms with Gasteiger partial charge >= 0.3 is 0 Å². The monoisotopic (exact) mass is 332 g/mol. The molecule has 4 aliphatic rings. The van der Waals surface area contributed by atoms with Gasteiger partial charge in [0, 0.05) is 5.41 Å². The molecular formula is C21H32O3. The van der Waals surface area contributed by atoms with E-state index in [1.807, 2.05) is 0 Å². The van der Waals surface area contributed by atoms with E-state index in [2.05, 4.69) is 13.0 Å². The number of aliphatic hydroxyl groups is 2. The van der Waals surface area contributed by atoms with Crippen molar-refractivity contribution < 1.29 is 15.0 Å². The Morgan fingerprint density at radius 1 is 1.25 bits per heavy atom. The zero-order valence-electron chi connectivity index (χ0n) is 14.9. The summed E-state index contributed by atoms with van der Waals surface area (Å²) in [6, 6.07) is 0. The number of rotatable bonds is 3. The summed E-state index contributed by atoms with van der Waals surface area (Å²) in [6.45, 7) is 2.22. The Balaban J connectivity index is 1.67. The molecule has 24 heavy (non-hydrogen) atoms. The lowest BCUT2D eigenvalue weighted by molar-refractivity contribution is -0.126. The largest absolute Gasteiger partial charge is 0.394 e. The highest BCUT2D eigenvalue weighted by molar-refractivity contribution is 5.67. The summed E-state index contributed by atoms with van der Waals surface area (Å²) < 4.78 is 0. The van der Waals surface area contributed by atoms with Crippen LogP contribution in [0.5, 0.6) is 0 Å². The van der Waals surface area contributed by atoms with Gasteiger partial charge in [-0.2, -0.15) is 0 Å². The predicted octanol–water partition coefficient (Wildman–Crippen LogP) is 3.49. The topological polar surface area (TPSA) is 57.5 Å². The first-order valence-corrected chi connectivity index (χ1v) is 10.0. The number of allylic oxidation sites excluding steroid dienone is 2. The highest BCUT2D eigenvalue weighted by atomic mass is 16.3. The number of hydrogen-bond donors (Lipinski definition) is 2. The van der Waals surface area contributed by atoms with E-state index >= 15 is 0 Å². The van der Waals surface area contributed by atoms with Crippen molar-refractivity contribution in [2.45, 2.75) is 70.8 Å². The van der Waals surface area contributed by atoms with Crippen molar-refractivity contribution in [2.75, 3.05) is 6.61 Å². The van der Waals surface area contributed by atoms with Gasteiger partial charge in [0.2, 0.25) is 0 Å². The molecule has 0 radical (unpaired) electrons. The predicted molar refractivity (Wildman–Crippen MR) is 93.3 cm³/mol. The average molecular weight is 332 g/mol. The minimum absolute atomic E-state index is 0.122. The molecule has 7 atom stereocenters. The molecule has 0 aromatic carbocycles. The fourth-order valence-electron chi connectivity index (χ4n) is 7.40. The van der Waals surface area contributed by atoms with Gasteiger partial charge in [-0.1, -0.05) is 25.0 Å². The lowest BCUT2D eigenvalue weighted by Crippen LogP contribution is -2.52. The van der Waals surface area contributed by atoms with Crippen LogP contribution in [0.25, 0.3) is 0 Å². The van der Waals surface area contributed by atoms with Gasteiger partial charge in [0.25, 0.3) is 0 Å². The van der Waals surface area contributed by atoms with Gasteiger partial charge in [0.05, 0.1) is 12.7 Å². The second-order valence-corrected chi connectivity index (χ2v) is 9.19. The normalized spacial score (nSPS) is 48.7. The van der Waals surface area contributed by atoms with E-state index in [1.165, 1.54) is 24.7 Å². The molecule has 2 N–H and O–H groups in total. The van der Waals surface area contributed by atoms with E-state index in [-0.39, 0.29) is 23.4 Å². The minimum Gasteiger partial charge on any atom is -0.394 e. The van der Waals surface area contributed by atoms with Crippen molar-refractivity contribution in [3.8, 4) is 0 Å². The minimum atomic E-state index is -0.582. The molecule has 0 aromatic rings. The van der Waals surface area contributed by atoms with Gasteiger partial charge < -0.3 is 15.0 Å². The molecule has 4 aliphatic carbocycles. The summed E-state index contributed by atoms with van der Waals surface area (Å²) >= 11 is 0. The Bertz CT molecular complexity index is 541. The molecule has 0 bridgehead atoms. The number of carbonyl (C=O) groups excluding carboxylic acids is 1. The van der Waals surface area contributed by atoms with Crippen LogP contribution in [0.1, 0.15) is 64.7 Å². The summed E-state index contributed by atoms with van der Waals surface area (Å²) in [6.07, 6.45) is 13.3. The number of aldehydes is 1. The van der Waals surface area contributed by atoms with E-state index in [0.29, 0.717) is 17.8 Å². The van der Waals surface area contributed by atoms with Crippen LogP contribution in [0.2, 0.25) is 0 Å². The first kappa shape index (κ1) is 16.8. The van der Waals surface area contributed by atoms with Gasteiger partial charge in [-0.05, 0) is 80.5 Å². The van der Waals surface area contributed by atoms with Crippen LogP contribution in [0.15, 0.2) is 11.6 Å². The van der Waals surface area contributed by atoms with Crippen LogP contribution in [-0.2, 0) is 4.79 Å². The number of hydrogen-bond acceptors (Lipinski definition) is 3. The Kier molecular flexibility index (Phi) is 4.16. The zero-order valence-corrected chi connectivity index (χ0v) is 14.9. The lowest BCUT2D eigenvalue weighted by Gasteiger charge is -2.57. The van der Waals surface area contributed by atoms with Gasteiger partial charge in [-0.15, -0.1) is 0 Å². The van der Waals surface area contributed by atoms with E-state index in [0.717, 1.165) is 44.9 Å². The SMILES string of the molecule is C[C@]12CC[C@@H]3[C@@H](CC=C4CCCC[C@@]43C=O)[C@@H]1CCC2C(O)CO. The quantitative estimate of drug-likeness (QED) is 0.614. The second kappa shape index (κ2) is 5.95. The Morgan fingerprint density at radius 3 is 2.83 bits per heavy atom. The van der Waals surface area contributed by atoms with E-state index in [9.17, 15) is 15.0 Å². The van der Waals surface area contributed by atoms with E-state index in [4.69, 9.17) is 0 Å². The van der Waals surface area contributed by atoms with Gasteiger partial charge in [0.15, 0.2) is 0 Å². The Labute approximate surface area is 145 Å². The molecule has 3 heteroatoms. The summed E-state index contributed by atoms with van der Waals surface area (Å²) in [7, 11) is 0. The molecular weight excluding hydrogens is 300 g/mol. The van der Waals surface area contributed by atoms with E-state index < -0.39 is 6.10 Å². The third-order valence-corrected chi connectivity index (χ3v) is 8.55. The molecule has 4 rings (SSSR count). The summed E-state index contributed by atoms with van der Waals surface area (Å²) in [5.74, 6) is 1.92. The van der Waals surface area contributed by atoms with Crippen LogP contribution in [-0.4, -0.2) is 29.2 Å². The molecule has 3 nitrogen and oxygen atoms in total. The van der Waals surface area contributed by atoms with Crippen molar-refractivity contribution in [3.63, 3.8) is 0 Å². The summed E-state index contributed by atoms with van der Waals surface area (Å²) in [5.41, 5.74) is 1.40.